The number of halogens is 1. The number of benzene rings is 1. The maximum absolute atomic E-state index is 12.7. The standard InChI is InChI=1S/C16H16ClN3O3/c1-9-13(17)14(18-19(9)2)15(21)20-6-5-10-3-4-11(16(22)23)7-12(10)8-20/h3-4,7H,5-6,8H2,1-2H3,(H,22,23). The maximum Gasteiger partial charge on any atom is 0.335 e. The second-order valence-electron chi connectivity index (χ2n) is 5.64. The van der Waals surface area contributed by atoms with E-state index >= 15 is 0 Å². The molecule has 1 N–H and O–H groups in total. The molecular formula is C16H16ClN3O3. The molecule has 2 heterocycles. The molecule has 1 aromatic heterocycles. The number of carboxylic acids is 1. The van der Waals surface area contributed by atoms with Gasteiger partial charge in [-0.15, -0.1) is 0 Å². The third kappa shape index (κ3) is 2.70. The minimum Gasteiger partial charge on any atom is -0.478 e. The fraction of sp³-hybridized carbons (Fsp3) is 0.312. The van der Waals surface area contributed by atoms with Gasteiger partial charge >= 0.3 is 5.97 Å². The van der Waals surface area contributed by atoms with Crippen LogP contribution in [0.2, 0.25) is 5.02 Å². The van der Waals surface area contributed by atoms with Crippen molar-refractivity contribution in [2.24, 2.45) is 7.05 Å². The molecule has 1 aliphatic rings. The Labute approximate surface area is 138 Å². The number of fused-ring (bicyclic) bond motifs is 1. The van der Waals surface area contributed by atoms with Crippen LogP contribution in [0.3, 0.4) is 0 Å². The fourth-order valence-corrected chi connectivity index (χ4v) is 2.97. The molecule has 0 aliphatic carbocycles. The van der Waals surface area contributed by atoms with E-state index < -0.39 is 5.97 Å². The van der Waals surface area contributed by atoms with Crippen LogP contribution >= 0.6 is 11.6 Å². The van der Waals surface area contributed by atoms with Gasteiger partial charge in [-0.2, -0.15) is 5.10 Å². The Kier molecular flexibility index (Phi) is 3.85. The van der Waals surface area contributed by atoms with Crippen LogP contribution in [0.25, 0.3) is 0 Å². The first-order valence-electron chi connectivity index (χ1n) is 7.22. The van der Waals surface area contributed by atoms with Gasteiger partial charge in [0.15, 0.2) is 5.69 Å². The number of aromatic nitrogens is 2. The van der Waals surface area contributed by atoms with Gasteiger partial charge in [0.05, 0.1) is 16.3 Å². The number of rotatable bonds is 2. The molecule has 0 saturated carbocycles. The Morgan fingerprint density at radius 3 is 2.65 bits per heavy atom. The summed E-state index contributed by atoms with van der Waals surface area (Å²) in [6.07, 6.45) is 0.685. The molecule has 7 heteroatoms. The van der Waals surface area contributed by atoms with Crippen LogP contribution < -0.4 is 0 Å². The van der Waals surface area contributed by atoms with Crippen molar-refractivity contribution in [2.75, 3.05) is 6.54 Å². The topological polar surface area (TPSA) is 75.4 Å². The lowest BCUT2D eigenvalue weighted by Crippen LogP contribution is -2.36. The molecule has 0 bridgehead atoms. The smallest absolute Gasteiger partial charge is 0.335 e. The van der Waals surface area contributed by atoms with Crippen molar-refractivity contribution in [3.63, 3.8) is 0 Å². The van der Waals surface area contributed by atoms with Crippen LogP contribution in [0.4, 0.5) is 0 Å². The Bertz CT molecular complexity index is 813. The molecule has 6 nitrogen and oxygen atoms in total. The van der Waals surface area contributed by atoms with E-state index in [0.717, 1.165) is 16.8 Å². The Morgan fingerprint density at radius 2 is 2.04 bits per heavy atom. The first-order chi connectivity index (χ1) is 10.9. The molecule has 23 heavy (non-hydrogen) atoms. The SMILES string of the molecule is Cc1c(Cl)c(C(=O)N2CCc3ccc(C(=O)O)cc3C2)nn1C. The summed E-state index contributed by atoms with van der Waals surface area (Å²) in [5.74, 6) is -1.20. The minimum absolute atomic E-state index is 0.227. The van der Waals surface area contributed by atoms with Crippen LogP contribution in [0.1, 0.15) is 37.7 Å². The van der Waals surface area contributed by atoms with E-state index in [1.165, 1.54) is 0 Å². The van der Waals surface area contributed by atoms with E-state index in [1.807, 2.05) is 6.07 Å². The van der Waals surface area contributed by atoms with Crippen LogP contribution in [0.15, 0.2) is 18.2 Å². The number of aromatic carboxylic acids is 1. The third-order valence-electron chi connectivity index (χ3n) is 4.22. The predicted octanol–water partition coefficient (Wildman–Crippen LogP) is 2.28. The second-order valence-corrected chi connectivity index (χ2v) is 6.01. The molecule has 1 aromatic carbocycles. The highest BCUT2D eigenvalue weighted by atomic mass is 35.5. The highest BCUT2D eigenvalue weighted by molar-refractivity contribution is 6.34. The monoisotopic (exact) mass is 333 g/mol. The van der Waals surface area contributed by atoms with E-state index in [1.54, 1.807) is 35.7 Å². The second kappa shape index (κ2) is 5.70. The number of hydrogen-bond donors (Lipinski definition) is 1. The molecular weight excluding hydrogens is 318 g/mol. The number of hydrogen-bond acceptors (Lipinski definition) is 3. The molecule has 0 fully saturated rings. The summed E-state index contributed by atoms with van der Waals surface area (Å²) in [6, 6.07) is 5.04. The zero-order valence-corrected chi connectivity index (χ0v) is 13.6. The zero-order chi connectivity index (χ0) is 16.7. The molecule has 1 amide bonds. The van der Waals surface area contributed by atoms with E-state index in [0.29, 0.717) is 24.5 Å². The van der Waals surface area contributed by atoms with Crippen molar-refractivity contribution in [1.82, 2.24) is 14.7 Å². The van der Waals surface area contributed by atoms with E-state index in [9.17, 15) is 9.59 Å². The van der Waals surface area contributed by atoms with Crippen LogP contribution in [-0.2, 0) is 20.0 Å². The molecule has 3 rings (SSSR count). The minimum atomic E-state index is -0.973. The van der Waals surface area contributed by atoms with Crippen molar-refractivity contribution in [3.05, 3.63) is 51.3 Å². The van der Waals surface area contributed by atoms with Crippen molar-refractivity contribution >= 4 is 23.5 Å². The Balaban J connectivity index is 1.89. The van der Waals surface area contributed by atoms with Gasteiger partial charge in [-0.3, -0.25) is 9.48 Å². The summed E-state index contributed by atoms with van der Waals surface area (Å²) in [4.78, 5) is 25.4. The third-order valence-corrected chi connectivity index (χ3v) is 4.67. The van der Waals surface area contributed by atoms with E-state index in [-0.39, 0.29) is 17.2 Å². The number of carboxylic acid groups (broad SMARTS) is 1. The number of aryl methyl sites for hydroxylation is 1. The number of nitrogens with zero attached hydrogens (tertiary/aromatic N) is 3. The van der Waals surface area contributed by atoms with E-state index in [2.05, 4.69) is 5.10 Å². The summed E-state index contributed by atoms with van der Waals surface area (Å²) in [7, 11) is 1.74. The molecule has 0 spiro atoms. The summed E-state index contributed by atoms with van der Waals surface area (Å²) in [6.45, 7) is 2.72. The molecule has 0 saturated heterocycles. The lowest BCUT2D eigenvalue weighted by Gasteiger charge is -2.28. The first kappa shape index (κ1) is 15.6. The van der Waals surface area contributed by atoms with Gasteiger partial charge in [0.25, 0.3) is 5.91 Å². The van der Waals surface area contributed by atoms with Gasteiger partial charge in [-0.1, -0.05) is 17.7 Å². The highest BCUT2D eigenvalue weighted by Crippen LogP contribution is 2.25. The van der Waals surface area contributed by atoms with Crippen molar-refractivity contribution in [2.45, 2.75) is 19.9 Å². The quantitative estimate of drug-likeness (QED) is 0.914. The van der Waals surface area contributed by atoms with E-state index in [4.69, 9.17) is 16.7 Å². The van der Waals surface area contributed by atoms with Gasteiger partial charge in [-0.05, 0) is 36.6 Å². The normalized spacial score (nSPS) is 13.8. The summed E-state index contributed by atoms with van der Waals surface area (Å²) >= 11 is 6.19. The van der Waals surface area contributed by atoms with Gasteiger partial charge in [0.1, 0.15) is 0 Å². The molecule has 0 unspecified atom stereocenters. The average Bonchev–Trinajstić information content (AvgIpc) is 2.80. The molecule has 120 valence electrons. The lowest BCUT2D eigenvalue weighted by atomic mass is 9.97. The molecule has 0 radical (unpaired) electrons. The first-order valence-corrected chi connectivity index (χ1v) is 7.59. The predicted molar refractivity (Wildman–Crippen MR) is 84.8 cm³/mol. The Morgan fingerprint density at radius 1 is 1.30 bits per heavy atom. The molecule has 1 aliphatic heterocycles. The summed E-state index contributed by atoms with van der Waals surface area (Å²) < 4.78 is 1.58. The molecule has 0 atom stereocenters. The van der Waals surface area contributed by atoms with Gasteiger partial charge in [0, 0.05) is 20.1 Å². The Hall–Kier alpha value is -2.34. The van der Waals surface area contributed by atoms with Gasteiger partial charge < -0.3 is 10.0 Å². The average molecular weight is 334 g/mol. The van der Waals surface area contributed by atoms with Gasteiger partial charge in [-0.25, -0.2) is 4.79 Å². The number of carbonyl (C=O) groups excluding carboxylic acids is 1. The molecule has 2 aromatic rings. The summed E-state index contributed by atoms with van der Waals surface area (Å²) in [5, 5.41) is 13.6. The van der Waals surface area contributed by atoms with Crippen molar-refractivity contribution < 1.29 is 14.7 Å². The van der Waals surface area contributed by atoms with Crippen LogP contribution in [0.5, 0.6) is 0 Å². The van der Waals surface area contributed by atoms with Gasteiger partial charge in [0.2, 0.25) is 0 Å². The fourth-order valence-electron chi connectivity index (χ4n) is 2.73. The lowest BCUT2D eigenvalue weighted by molar-refractivity contribution is 0.0696. The number of carbonyl (C=O) groups is 2. The highest BCUT2D eigenvalue weighted by Gasteiger charge is 2.27. The zero-order valence-electron chi connectivity index (χ0n) is 12.8. The maximum atomic E-state index is 12.7. The van der Waals surface area contributed by atoms with Crippen molar-refractivity contribution in [1.29, 1.82) is 0 Å². The number of amides is 1. The summed E-state index contributed by atoms with van der Waals surface area (Å²) in [5.41, 5.74) is 3.13. The largest absolute Gasteiger partial charge is 0.478 e. The van der Waals surface area contributed by atoms with Crippen LogP contribution in [-0.4, -0.2) is 38.2 Å². The van der Waals surface area contributed by atoms with Crippen molar-refractivity contribution in [3.8, 4) is 0 Å². The van der Waals surface area contributed by atoms with Crippen LogP contribution in [0, 0.1) is 6.92 Å².